The summed E-state index contributed by atoms with van der Waals surface area (Å²) in [6.07, 6.45) is 2.18. The number of carbonyl (C=O) groups is 1. The van der Waals surface area contributed by atoms with Crippen molar-refractivity contribution in [3.8, 4) is 0 Å². The molecule has 0 saturated carbocycles. The number of hydrogen-bond acceptors (Lipinski definition) is 3. The predicted octanol–water partition coefficient (Wildman–Crippen LogP) is 1.70. The maximum atomic E-state index is 12.1. The van der Waals surface area contributed by atoms with Crippen LogP contribution in [0.3, 0.4) is 0 Å². The molecule has 3 rings (SSSR count). The fraction of sp³-hybridized carbons (Fsp3) is 0.533. The van der Waals surface area contributed by atoms with E-state index >= 15 is 0 Å². The van der Waals surface area contributed by atoms with Gasteiger partial charge in [0.05, 0.1) is 0 Å². The van der Waals surface area contributed by atoms with Gasteiger partial charge in [-0.05, 0) is 41.9 Å². The molecule has 1 aromatic rings. The van der Waals surface area contributed by atoms with Crippen molar-refractivity contribution in [2.24, 2.45) is 0 Å². The lowest BCUT2D eigenvalue weighted by Crippen LogP contribution is -2.50. The van der Waals surface area contributed by atoms with E-state index in [0.29, 0.717) is 25.3 Å². The van der Waals surface area contributed by atoms with Crippen LogP contribution in [0, 0.1) is 0 Å². The summed E-state index contributed by atoms with van der Waals surface area (Å²) in [6, 6.07) is 8.36. The standard InChI is InChI=1S/C15H19NO2S/c17-14(15(18)5-7-19-8-6-15)16-10-12-9-11-3-1-2-4-13(11)12/h1-4,12,18H,5-10H2,(H,16,17). The molecule has 0 aromatic heterocycles. The van der Waals surface area contributed by atoms with Crippen molar-refractivity contribution >= 4 is 17.7 Å². The van der Waals surface area contributed by atoms with Crippen LogP contribution in [0.1, 0.15) is 29.9 Å². The molecule has 1 heterocycles. The zero-order valence-corrected chi connectivity index (χ0v) is 11.7. The minimum absolute atomic E-state index is 0.183. The van der Waals surface area contributed by atoms with Crippen LogP contribution in [0.2, 0.25) is 0 Å². The minimum Gasteiger partial charge on any atom is -0.380 e. The van der Waals surface area contributed by atoms with E-state index in [9.17, 15) is 9.90 Å². The molecule has 1 amide bonds. The highest BCUT2D eigenvalue weighted by Gasteiger charge is 2.38. The van der Waals surface area contributed by atoms with Crippen LogP contribution < -0.4 is 5.32 Å². The normalized spacial score (nSPS) is 24.2. The summed E-state index contributed by atoms with van der Waals surface area (Å²) in [4.78, 5) is 12.1. The number of hydrogen-bond donors (Lipinski definition) is 2. The molecule has 102 valence electrons. The summed E-state index contributed by atoms with van der Waals surface area (Å²) in [5.41, 5.74) is 1.60. The Hall–Kier alpha value is -1.00. The number of carbonyl (C=O) groups excluding carboxylic acids is 1. The SMILES string of the molecule is O=C(NCC1Cc2ccccc21)C1(O)CCSCC1. The smallest absolute Gasteiger partial charge is 0.252 e. The first-order valence-electron chi connectivity index (χ1n) is 6.85. The van der Waals surface area contributed by atoms with Crippen molar-refractivity contribution in [1.29, 1.82) is 0 Å². The maximum absolute atomic E-state index is 12.1. The Balaban J connectivity index is 1.55. The molecule has 1 atom stereocenters. The van der Waals surface area contributed by atoms with Gasteiger partial charge in [0.15, 0.2) is 0 Å². The zero-order valence-electron chi connectivity index (χ0n) is 10.9. The van der Waals surface area contributed by atoms with Crippen molar-refractivity contribution in [3.63, 3.8) is 0 Å². The summed E-state index contributed by atoms with van der Waals surface area (Å²) < 4.78 is 0. The van der Waals surface area contributed by atoms with Gasteiger partial charge < -0.3 is 10.4 Å². The molecule has 3 nitrogen and oxygen atoms in total. The number of rotatable bonds is 3. The summed E-state index contributed by atoms with van der Waals surface area (Å²) >= 11 is 1.81. The highest BCUT2D eigenvalue weighted by atomic mass is 32.2. The predicted molar refractivity (Wildman–Crippen MR) is 77.4 cm³/mol. The quantitative estimate of drug-likeness (QED) is 0.884. The van der Waals surface area contributed by atoms with Crippen LogP contribution in [0.15, 0.2) is 24.3 Å². The largest absolute Gasteiger partial charge is 0.380 e. The Morgan fingerprint density at radius 2 is 2.11 bits per heavy atom. The number of aliphatic hydroxyl groups is 1. The molecule has 2 aliphatic rings. The van der Waals surface area contributed by atoms with Crippen LogP contribution in [-0.2, 0) is 11.2 Å². The van der Waals surface area contributed by atoms with Gasteiger partial charge in [0.1, 0.15) is 5.60 Å². The summed E-state index contributed by atoms with van der Waals surface area (Å²) in [6.45, 7) is 0.644. The van der Waals surface area contributed by atoms with Gasteiger partial charge in [0.25, 0.3) is 5.91 Å². The molecule has 0 spiro atoms. The molecule has 4 heteroatoms. The molecule has 1 aromatic carbocycles. The second-order valence-electron chi connectivity index (χ2n) is 5.45. The molecular formula is C15H19NO2S. The van der Waals surface area contributed by atoms with Crippen molar-refractivity contribution in [2.45, 2.75) is 30.8 Å². The van der Waals surface area contributed by atoms with Gasteiger partial charge in [-0.1, -0.05) is 24.3 Å². The topological polar surface area (TPSA) is 49.3 Å². The zero-order chi connectivity index (χ0) is 13.3. The lowest BCUT2D eigenvalue weighted by Gasteiger charge is -2.33. The molecule has 2 N–H and O–H groups in total. The van der Waals surface area contributed by atoms with E-state index in [-0.39, 0.29) is 5.91 Å². The molecule has 1 aliphatic carbocycles. The lowest BCUT2D eigenvalue weighted by molar-refractivity contribution is -0.140. The van der Waals surface area contributed by atoms with Crippen molar-refractivity contribution in [1.82, 2.24) is 5.32 Å². The lowest BCUT2D eigenvalue weighted by atomic mass is 9.77. The van der Waals surface area contributed by atoms with Crippen LogP contribution in [0.25, 0.3) is 0 Å². The van der Waals surface area contributed by atoms with Crippen LogP contribution in [0.4, 0.5) is 0 Å². The van der Waals surface area contributed by atoms with E-state index in [0.717, 1.165) is 17.9 Å². The monoisotopic (exact) mass is 277 g/mol. The van der Waals surface area contributed by atoms with Gasteiger partial charge in [-0.25, -0.2) is 0 Å². The van der Waals surface area contributed by atoms with E-state index < -0.39 is 5.60 Å². The fourth-order valence-electron chi connectivity index (χ4n) is 2.86. The molecule has 19 heavy (non-hydrogen) atoms. The van der Waals surface area contributed by atoms with Gasteiger partial charge in [-0.2, -0.15) is 11.8 Å². The van der Waals surface area contributed by atoms with Gasteiger partial charge >= 0.3 is 0 Å². The van der Waals surface area contributed by atoms with E-state index in [2.05, 4.69) is 23.5 Å². The van der Waals surface area contributed by atoms with Gasteiger partial charge in [-0.3, -0.25) is 4.79 Å². The Labute approximate surface area is 117 Å². The second kappa shape index (κ2) is 5.17. The number of thioether (sulfide) groups is 1. The Bertz CT molecular complexity index is 483. The van der Waals surface area contributed by atoms with Crippen molar-refractivity contribution in [3.05, 3.63) is 35.4 Å². The molecule has 1 unspecified atom stereocenters. The molecular weight excluding hydrogens is 258 g/mol. The first kappa shape index (κ1) is 13.0. The number of fused-ring (bicyclic) bond motifs is 1. The fourth-order valence-corrected chi connectivity index (χ4v) is 4.03. The van der Waals surface area contributed by atoms with Gasteiger partial charge in [0, 0.05) is 12.5 Å². The molecule has 1 aliphatic heterocycles. The molecule has 1 fully saturated rings. The summed E-state index contributed by atoms with van der Waals surface area (Å²) in [7, 11) is 0. The number of nitrogens with one attached hydrogen (secondary N) is 1. The van der Waals surface area contributed by atoms with E-state index in [1.165, 1.54) is 11.1 Å². The summed E-state index contributed by atoms with van der Waals surface area (Å²) in [5, 5.41) is 13.3. The highest BCUT2D eigenvalue weighted by Crippen LogP contribution is 2.34. The van der Waals surface area contributed by atoms with Crippen LogP contribution in [-0.4, -0.2) is 34.7 Å². The third kappa shape index (κ3) is 2.51. The molecule has 0 bridgehead atoms. The van der Waals surface area contributed by atoms with Crippen molar-refractivity contribution in [2.75, 3.05) is 18.1 Å². The van der Waals surface area contributed by atoms with Crippen molar-refractivity contribution < 1.29 is 9.90 Å². The Morgan fingerprint density at radius 3 is 2.84 bits per heavy atom. The van der Waals surface area contributed by atoms with E-state index in [1.54, 1.807) is 11.8 Å². The summed E-state index contributed by atoms with van der Waals surface area (Å²) in [5.74, 6) is 1.98. The number of amides is 1. The number of benzene rings is 1. The third-order valence-corrected chi connectivity index (χ3v) is 5.20. The molecule has 1 saturated heterocycles. The minimum atomic E-state index is -1.13. The first-order valence-corrected chi connectivity index (χ1v) is 8.01. The average Bonchev–Trinajstić information content (AvgIpc) is 2.40. The first-order chi connectivity index (χ1) is 9.19. The van der Waals surface area contributed by atoms with Crippen LogP contribution >= 0.6 is 11.8 Å². The maximum Gasteiger partial charge on any atom is 0.252 e. The molecule has 0 radical (unpaired) electrons. The highest BCUT2D eigenvalue weighted by molar-refractivity contribution is 7.99. The second-order valence-corrected chi connectivity index (χ2v) is 6.68. The third-order valence-electron chi connectivity index (χ3n) is 4.21. The average molecular weight is 277 g/mol. The van der Waals surface area contributed by atoms with Gasteiger partial charge in [0.2, 0.25) is 0 Å². The van der Waals surface area contributed by atoms with E-state index in [4.69, 9.17) is 0 Å². The Kier molecular flexibility index (Phi) is 3.54. The van der Waals surface area contributed by atoms with Crippen LogP contribution in [0.5, 0.6) is 0 Å². The van der Waals surface area contributed by atoms with Gasteiger partial charge in [-0.15, -0.1) is 0 Å². The van der Waals surface area contributed by atoms with E-state index in [1.807, 2.05) is 6.07 Å². The Morgan fingerprint density at radius 1 is 1.37 bits per heavy atom.